The van der Waals surface area contributed by atoms with Gasteiger partial charge < -0.3 is 14.6 Å². The van der Waals surface area contributed by atoms with Crippen molar-refractivity contribution < 1.29 is 13.7 Å². The molecule has 19 heavy (non-hydrogen) atoms. The molecule has 6 heteroatoms. The zero-order valence-electron chi connectivity index (χ0n) is 10.3. The van der Waals surface area contributed by atoms with E-state index in [-0.39, 0.29) is 11.9 Å². The second-order valence-electron chi connectivity index (χ2n) is 4.42. The van der Waals surface area contributed by atoms with E-state index in [0.29, 0.717) is 31.3 Å². The number of halogens is 1. The third-order valence-electron chi connectivity index (χ3n) is 2.94. The monoisotopic (exact) mass is 263 g/mol. The number of nitrogens with one attached hydrogen (secondary N) is 1. The summed E-state index contributed by atoms with van der Waals surface area (Å²) < 4.78 is 23.8. The number of aromatic nitrogens is 2. The molecule has 0 radical (unpaired) electrons. The van der Waals surface area contributed by atoms with Crippen LogP contribution >= 0.6 is 0 Å². The predicted molar refractivity (Wildman–Crippen MR) is 65.1 cm³/mol. The van der Waals surface area contributed by atoms with Crippen molar-refractivity contribution in [3.8, 4) is 0 Å². The molecule has 5 nitrogen and oxygen atoms in total. The topological polar surface area (TPSA) is 60.2 Å². The summed E-state index contributed by atoms with van der Waals surface area (Å²) in [4.78, 5) is 4.29. The van der Waals surface area contributed by atoms with E-state index in [2.05, 4.69) is 15.5 Å². The number of rotatable bonds is 3. The van der Waals surface area contributed by atoms with Crippen LogP contribution in [0.15, 0.2) is 28.8 Å². The SMILES string of the molecule is Fc1cccc(Cc2noc([C@@H]3CNCCO3)n2)c1. The van der Waals surface area contributed by atoms with Gasteiger partial charge in [0.25, 0.3) is 5.89 Å². The van der Waals surface area contributed by atoms with Crippen LogP contribution in [0.1, 0.15) is 23.4 Å². The Morgan fingerprint density at radius 2 is 2.37 bits per heavy atom. The molecular weight excluding hydrogens is 249 g/mol. The maximum atomic E-state index is 13.1. The lowest BCUT2D eigenvalue weighted by atomic mass is 10.1. The summed E-state index contributed by atoms with van der Waals surface area (Å²) in [5.74, 6) is 0.745. The maximum Gasteiger partial charge on any atom is 0.257 e. The fraction of sp³-hybridized carbons (Fsp3) is 0.385. The van der Waals surface area contributed by atoms with Crippen LogP contribution in [-0.2, 0) is 11.2 Å². The lowest BCUT2D eigenvalue weighted by Gasteiger charge is -2.19. The lowest BCUT2D eigenvalue weighted by molar-refractivity contribution is 0.00755. The Morgan fingerprint density at radius 1 is 1.42 bits per heavy atom. The van der Waals surface area contributed by atoms with Crippen LogP contribution in [0.5, 0.6) is 0 Å². The van der Waals surface area contributed by atoms with Gasteiger partial charge in [-0.3, -0.25) is 0 Å². The zero-order chi connectivity index (χ0) is 13.1. The van der Waals surface area contributed by atoms with Crippen LogP contribution in [0.25, 0.3) is 0 Å². The first-order chi connectivity index (χ1) is 9.31. The Kier molecular flexibility index (Phi) is 3.52. The third kappa shape index (κ3) is 2.97. The van der Waals surface area contributed by atoms with Crippen molar-refractivity contribution in [3.63, 3.8) is 0 Å². The minimum absolute atomic E-state index is 0.192. The van der Waals surface area contributed by atoms with Crippen molar-refractivity contribution >= 4 is 0 Å². The molecule has 0 saturated carbocycles. The number of hydrogen-bond acceptors (Lipinski definition) is 5. The van der Waals surface area contributed by atoms with Gasteiger partial charge in [-0.2, -0.15) is 4.98 Å². The molecule has 1 atom stereocenters. The molecule has 1 aromatic carbocycles. The molecule has 2 aromatic rings. The van der Waals surface area contributed by atoms with Crippen molar-refractivity contribution in [1.82, 2.24) is 15.5 Å². The van der Waals surface area contributed by atoms with Gasteiger partial charge in [-0.25, -0.2) is 4.39 Å². The Labute approximate surface area is 109 Å². The van der Waals surface area contributed by atoms with E-state index in [0.717, 1.165) is 12.1 Å². The van der Waals surface area contributed by atoms with Crippen molar-refractivity contribution in [1.29, 1.82) is 0 Å². The van der Waals surface area contributed by atoms with Crippen molar-refractivity contribution in [3.05, 3.63) is 47.4 Å². The van der Waals surface area contributed by atoms with Crippen molar-refractivity contribution in [2.45, 2.75) is 12.5 Å². The largest absolute Gasteiger partial charge is 0.366 e. The number of benzene rings is 1. The number of nitrogens with zero attached hydrogens (tertiary/aromatic N) is 2. The van der Waals surface area contributed by atoms with Crippen LogP contribution in [0.2, 0.25) is 0 Å². The van der Waals surface area contributed by atoms with Gasteiger partial charge in [0.2, 0.25) is 0 Å². The van der Waals surface area contributed by atoms with Gasteiger partial charge in [0, 0.05) is 19.5 Å². The molecule has 1 N–H and O–H groups in total. The second kappa shape index (κ2) is 5.46. The Bertz CT molecular complexity index is 552. The fourth-order valence-corrected chi connectivity index (χ4v) is 2.02. The molecule has 0 bridgehead atoms. The minimum Gasteiger partial charge on any atom is -0.366 e. The van der Waals surface area contributed by atoms with Crippen molar-refractivity contribution in [2.75, 3.05) is 19.7 Å². The number of morpholine rings is 1. The summed E-state index contributed by atoms with van der Waals surface area (Å²) in [5, 5.41) is 7.10. The van der Waals surface area contributed by atoms with Gasteiger partial charge in [0.1, 0.15) is 11.9 Å². The second-order valence-corrected chi connectivity index (χ2v) is 4.42. The van der Waals surface area contributed by atoms with E-state index in [1.807, 2.05) is 6.07 Å². The lowest BCUT2D eigenvalue weighted by Crippen LogP contribution is -2.33. The molecule has 0 spiro atoms. The Balaban J connectivity index is 1.70. The minimum atomic E-state index is -0.263. The highest BCUT2D eigenvalue weighted by Crippen LogP contribution is 2.17. The highest BCUT2D eigenvalue weighted by molar-refractivity contribution is 5.19. The highest BCUT2D eigenvalue weighted by Gasteiger charge is 2.22. The molecular formula is C13H14FN3O2. The van der Waals surface area contributed by atoms with E-state index >= 15 is 0 Å². The standard InChI is InChI=1S/C13H14FN3O2/c14-10-3-1-2-9(6-10)7-12-16-13(19-17-12)11-8-15-4-5-18-11/h1-3,6,11,15H,4-5,7-8H2/t11-/m0/s1. The first kappa shape index (κ1) is 12.3. The summed E-state index contributed by atoms with van der Waals surface area (Å²) in [6.07, 6.45) is 0.254. The summed E-state index contributed by atoms with van der Waals surface area (Å²) in [6, 6.07) is 6.37. The summed E-state index contributed by atoms with van der Waals surface area (Å²) >= 11 is 0. The van der Waals surface area contributed by atoms with Gasteiger partial charge in [-0.1, -0.05) is 17.3 Å². The average Bonchev–Trinajstić information content (AvgIpc) is 2.88. The van der Waals surface area contributed by atoms with Gasteiger partial charge in [-0.05, 0) is 17.7 Å². The summed E-state index contributed by atoms with van der Waals surface area (Å²) in [6.45, 7) is 2.13. The summed E-state index contributed by atoms with van der Waals surface area (Å²) in [5.41, 5.74) is 0.815. The van der Waals surface area contributed by atoms with Gasteiger partial charge in [-0.15, -0.1) is 0 Å². The van der Waals surface area contributed by atoms with E-state index in [4.69, 9.17) is 9.26 Å². The van der Waals surface area contributed by atoms with E-state index < -0.39 is 0 Å². The molecule has 3 rings (SSSR count). The number of hydrogen-bond donors (Lipinski definition) is 1. The molecule has 0 unspecified atom stereocenters. The Morgan fingerprint density at radius 3 is 3.16 bits per heavy atom. The molecule has 100 valence electrons. The first-order valence-electron chi connectivity index (χ1n) is 6.20. The van der Waals surface area contributed by atoms with Crippen LogP contribution in [0.4, 0.5) is 4.39 Å². The molecule has 0 amide bonds. The van der Waals surface area contributed by atoms with Crippen LogP contribution in [0, 0.1) is 5.82 Å². The average molecular weight is 263 g/mol. The predicted octanol–water partition coefficient (Wildman–Crippen LogP) is 1.46. The first-order valence-corrected chi connectivity index (χ1v) is 6.20. The maximum absolute atomic E-state index is 13.1. The van der Waals surface area contributed by atoms with E-state index in [1.54, 1.807) is 6.07 Å². The highest BCUT2D eigenvalue weighted by atomic mass is 19.1. The smallest absolute Gasteiger partial charge is 0.257 e. The third-order valence-corrected chi connectivity index (χ3v) is 2.94. The molecule has 1 saturated heterocycles. The van der Waals surface area contributed by atoms with Gasteiger partial charge >= 0.3 is 0 Å². The Hall–Kier alpha value is -1.79. The zero-order valence-corrected chi connectivity index (χ0v) is 10.3. The quantitative estimate of drug-likeness (QED) is 0.908. The van der Waals surface area contributed by atoms with Crippen molar-refractivity contribution in [2.24, 2.45) is 0 Å². The molecule has 1 aliphatic heterocycles. The van der Waals surface area contributed by atoms with Gasteiger partial charge in [0.15, 0.2) is 5.82 Å². The van der Waals surface area contributed by atoms with Crippen LogP contribution < -0.4 is 5.32 Å². The van der Waals surface area contributed by atoms with Crippen LogP contribution in [0.3, 0.4) is 0 Å². The van der Waals surface area contributed by atoms with Gasteiger partial charge in [0.05, 0.1) is 6.61 Å². The number of ether oxygens (including phenoxy) is 1. The van der Waals surface area contributed by atoms with E-state index in [1.165, 1.54) is 12.1 Å². The fourth-order valence-electron chi connectivity index (χ4n) is 2.02. The summed E-state index contributed by atoms with van der Waals surface area (Å²) in [7, 11) is 0. The van der Waals surface area contributed by atoms with E-state index in [9.17, 15) is 4.39 Å². The molecule has 2 heterocycles. The molecule has 1 aliphatic rings. The molecule has 1 fully saturated rings. The molecule has 0 aliphatic carbocycles. The normalized spacial score (nSPS) is 19.5. The van der Waals surface area contributed by atoms with Crippen LogP contribution in [-0.4, -0.2) is 29.8 Å². The molecule has 1 aromatic heterocycles.